The minimum absolute atomic E-state index is 0.159. The molecular weight excluding hydrogens is 435 g/mol. The van der Waals surface area contributed by atoms with Gasteiger partial charge in [0, 0.05) is 28.9 Å². The van der Waals surface area contributed by atoms with Crippen LogP contribution in [0, 0.1) is 5.82 Å². The molecule has 0 radical (unpaired) electrons. The highest BCUT2D eigenvalue weighted by atomic mass is 35.5. The highest BCUT2D eigenvalue weighted by Gasteiger charge is 2.21. The van der Waals surface area contributed by atoms with Crippen molar-refractivity contribution in [3.05, 3.63) is 82.8 Å². The molecule has 0 saturated carbocycles. The van der Waals surface area contributed by atoms with E-state index in [-0.39, 0.29) is 29.5 Å². The van der Waals surface area contributed by atoms with Crippen molar-refractivity contribution in [1.82, 2.24) is 9.88 Å². The van der Waals surface area contributed by atoms with Crippen LogP contribution in [-0.4, -0.2) is 42.2 Å². The highest BCUT2D eigenvalue weighted by Crippen LogP contribution is 2.32. The van der Waals surface area contributed by atoms with Crippen LogP contribution in [0.3, 0.4) is 0 Å². The van der Waals surface area contributed by atoms with Crippen LogP contribution in [0.25, 0.3) is 0 Å². The van der Waals surface area contributed by atoms with E-state index in [0.29, 0.717) is 49.3 Å². The first kappa shape index (κ1) is 22.0. The Kier molecular flexibility index (Phi) is 7.19. The zero-order valence-corrected chi connectivity index (χ0v) is 18.1. The summed E-state index contributed by atoms with van der Waals surface area (Å²) in [6.45, 7) is 1.51. The molecule has 166 valence electrons. The summed E-state index contributed by atoms with van der Waals surface area (Å²) in [5.74, 6) is 0.677. The molecule has 0 saturated heterocycles. The van der Waals surface area contributed by atoms with Crippen molar-refractivity contribution in [3.63, 3.8) is 0 Å². The Labute approximate surface area is 190 Å². The Morgan fingerprint density at radius 1 is 1.03 bits per heavy atom. The number of pyridine rings is 1. The van der Waals surface area contributed by atoms with Crippen LogP contribution in [0.1, 0.15) is 11.1 Å². The number of benzene rings is 2. The number of hydrogen-bond acceptors (Lipinski definition) is 5. The molecule has 3 aromatic rings. The molecule has 8 heteroatoms. The lowest BCUT2D eigenvalue weighted by atomic mass is 10.1. The molecule has 1 aliphatic heterocycles. The fourth-order valence-corrected chi connectivity index (χ4v) is 3.57. The summed E-state index contributed by atoms with van der Waals surface area (Å²) in [6, 6.07) is 15.3. The minimum Gasteiger partial charge on any atom is -0.487 e. The molecule has 32 heavy (non-hydrogen) atoms. The molecule has 0 aliphatic carbocycles. The molecule has 0 fully saturated rings. The monoisotopic (exact) mass is 456 g/mol. The summed E-state index contributed by atoms with van der Waals surface area (Å²) in [6.07, 6.45) is 1.46. The molecule has 0 N–H and O–H groups in total. The zero-order valence-electron chi connectivity index (χ0n) is 17.3. The van der Waals surface area contributed by atoms with Gasteiger partial charge in [-0.3, -0.25) is 4.79 Å². The Hall–Kier alpha value is -3.16. The van der Waals surface area contributed by atoms with Gasteiger partial charge in [-0.2, -0.15) is 0 Å². The van der Waals surface area contributed by atoms with Gasteiger partial charge in [-0.05, 0) is 30.3 Å². The molecule has 1 aromatic heterocycles. The predicted molar refractivity (Wildman–Crippen MR) is 118 cm³/mol. The van der Waals surface area contributed by atoms with E-state index in [9.17, 15) is 9.18 Å². The summed E-state index contributed by atoms with van der Waals surface area (Å²) >= 11 is 6.13. The number of aromatic nitrogens is 1. The number of hydrogen-bond donors (Lipinski definition) is 0. The number of nitrogens with zero attached hydrogens (tertiary/aromatic N) is 2. The predicted octanol–water partition coefficient (Wildman–Crippen LogP) is 4.65. The van der Waals surface area contributed by atoms with E-state index >= 15 is 0 Å². The maximum atomic E-state index is 14.2. The summed E-state index contributed by atoms with van der Waals surface area (Å²) in [4.78, 5) is 19.1. The minimum atomic E-state index is -0.507. The van der Waals surface area contributed by atoms with Crippen LogP contribution in [0.2, 0.25) is 5.02 Å². The van der Waals surface area contributed by atoms with E-state index in [2.05, 4.69) is 4.98 Å². The standard InChI is InChI=1S/C24H22ClFN2O4/c25-19-6-3-7-20(26)18(19)15-23(29)28-11-12-30-13-14-31-21-8-1-2-9-22(21)32-24-17(16-28)5-4-10-27-24/h1-10H,11-16H2. The quantitative estimate of drug-likeness (QED) is 0.562. The Balaban J connectivity index is 1.62. The van der Waals surface area contributed by atoms with Gasteiger partial charge in [-0.25, -0.2) is 9.37 Å². The van der Waals surface area contributed by atoms with Crippen molar-refractivity contribution >= 4 is 17.5 Å². The third-order valence-corrected chi connectivity index (χ3v) is 5.35. The lowest BCUT2D eigenvalue weighted by molar-refractivity contribution is -0.132. The van der Waals surface area contributed by atoms with E-state index in [1.165, 1.54) is 12.1 Å². The second-order valence-electron chi connectivity index (χ2n) is 7.17. The number of carbonyl (C=O) groups is 1. The third-order valence-electron chi connectivity index (χ3n) is 5.00. The average molecular weight is 457 g/mol. The number of ether oxygens (including phenoxy) is 3. The highest BCUT2D eigenvalue weighted by molar-refractivity contribution is 6.31. The summed E-state index contributed by atoms with van der Waals surface area (Å²) in [5, 5.41) is 0.222. The Morgan fingerprint density at radius 2 is 1.88 bits per heavy atom. The van der Waals surface area contributed by atoms with Crippen molar-refractivity contribution in [3.8, 4) is 17.4 Å². The van der Waals surface area contributed by atoms with Crippen LogP contribution in [0.4, 0.5) is 4.39 Å². The first-order valence-electron chi connectivity index (χ1n) is 10.2. The fourth-order valence-electron chi connectivity index (χ4n) is 3.34. The molecule has 1 aliphatic rings. The smallest absolute Gasteiger partial charge is 0.227 e. The molecule has 0 atom stereocenters. The SMILES string of the molecule is O=C(Cc1c(F)cccc1Cl)N1CCOCCOc2ccccc2Oc2ncccc2C1. The van der Waals surface area contributed by atoms with Crippen molar-refractivity contribution in [2.45, 2.75) is 13.0 Å². The molecular formula is C24H22ClFN2O4. The average Bonchev–Trinajstić information content (AvgIpc) is 2.81. The first-order chi connectivity index (χ1) is 15.6. The van der Waals surface area contributed by atoms with Crippen LogP contribution in [-0.2, 0) is 22.5 Å². The molecule has 4 rings (SSSR count). The van der Waals surface area contributed by atoms with E-state index in [4.69, 9.17) is 25.8 Å². The van der Waals surface area contributed by atoms with Gasteiger partial charge in [-0.15, -0.1) is 0 Å². The van der Waals surface area contributed by atoms with Gasteiger partial charge in [-0.1, -0.05) is 35.9 Å². The molecule has 1 amide bonds. The largest absolute Gasteiger partial charge is 0.487 e. The fraction of sp³-hybridized carbons (Fsp3) is 0.250. The second-order valence-corrected chi connectivity index (χ2v) is 7.58. The lowest BCUT2D eigenvalue weighted by Gasteiger charge is -2.24. The zero-order chi connectivity index (χ0) is 22.3. The topological polar surface area (TPSA) is 60.9 Å². The molecule has 0 spiro atoms. The number of para-hydroxylation sites is 2. The van der Waals surface area contributed by atoms with E-state index < -0.39 is 5.82 Å². The normalized spacial score (nSPS) is 14.5. The van der Waals surface area contributed by atoms with Gasteiger partial charge in [0.05, 0.1) is 26.2 Å². The summed E-state index contributed by atoms with van der Waals surface area (Å²) in [5.41, 5.74) is 0.877. The van der Waals surface area contributed by atoms with Gasteiger partial charge in [0.25, 0.3) is 0 Å². The first-order valence-corrected chi connectivity index (χ1v) is 10.6. The van der Waals surface area contributed by atoms with Crippen molar-refractivity contribution in [2.24, 2.45) is 0 Å². The maximum absolute atomic E-state index is 14.2. The van der Waals surface area contributed by atoms with E-state index in [0.717, 1.165) is 0 Å². The van der Waals surface area contributed by atoms with Gasteiger partial charge in [0.2, 0.25) is 11.8 Å². The third kappa shape index (κ3) is 5.36. The van der Waals surface area contributed by atoms with Gasteiger partial charge in [0.15, 0.2) is 11.5 Å². The van der Waals surface area contributed by atoms with Crippen molar-refractivity contribution in [2.75, 3.05) is 26.4 Å². The van der Waals surface area contributed by atoms with Crippen LogP contribution >= 0.6 is 11.6 Å². The lowest BCUT2D eigenvalue weighted by Crippen LogP contribution is -2.35. The second kappa shape index (κ2) is 10.4. The molecule has 6 nitrogen and oxygen atoms in total. The summed E-state index contributed by atoms with van der Waals surface area (Å²) < 4.78 is 31.7. The number of fused-ring (bicyclic) bond motifs is 2. The number of amides is 1. The van der Waals surface area contributed by atoms with Crippen molar-refractivity contribution < 1.29 is 23.4 Å². The molecule has 2 heterocycles. The number of halogens is 2. The van der Waals surface area contributed by atoms with Gasteiger partial charge >= 0.3 is 0 Å². The van der Waals surface area contributed by atoms with Crippen LogP contribution < -0.4 is 9.47 Å². The van der Waals surface area contributed by atoms with Gasteiger partial charge < -0.3 is 19.1 Å². The number of rotatable bonds is 2. The Morgan fingerprint density at radius 3 is 2.72 bits per heavy atom. The number of carbonyl (C=O) groups excluding carboxylic acids is 1. The summed E-state index contributed by atoms with van der Waals surface area (Å²) in [7, 11) is 0. The van der Waals surface area contributed by atoms with Crippen molar-refractivity contribution in [1.29, 1.82) is 0 Å². The van der Waals surface area contributed by atoms with Crippen LogP contribution in [0.15, 0.2) is 60.8 Å². The Bertz CT molecular complexity index is 1070. The molecule has 0 bridgehead atoms. The molecule has 2 aromatic carbocycles. The van der Waals surface area contributed by atoms with E-state index in [1.807, 2.05) is 24.3 Å². The van der Waals surface area contributed by atoms with Crippen LogP contribution in [0.5, 0.6) is 17.4 Å². The van der Waals surface area contributed by atoms with E-state index in [1.54, 1.807) is 29.3 Å². The maximum Gasteiger partial charge on any atom is 0.227 e. The van der Waals surface area contributed by atoms with Gasteiger partial charge in [0.1, 0.15) is 12.4 Å². The molecule has 0 unspecified atom stereocenters.